The number of ether oxygens (including phenoxy) is 2. The monoisotopic (exact) mass is 534 g/mol. The number of carbonyl (C=O) groups is 1. The van der Waals surface area contributed by atoms with Crippen LogP contribution in [0.1, 0.15) is 143 Å². The molecule has 0 aliphatic carbocycles. The molecule has 0 bridgehead atoms. The summed E-state index contributed by atoms with van der Waals surface area (Å²) in [6, 6.07) is 0. The molecule has 3 unspecified atom stereocenters. The highest BCUT2D eigenvalue weighted by Crippen LogP contribution is 2.14. The van der Waals surface area contributed by atoms with Gasteiger partial charge in [-0.2, -0.15) is 0 Å². The minimum absolute atomic E-state index is 0.0245. The SMILES string of the molecule is CCCCCCCCCCCCCCCC(=O)OC(CC)CCCCC.OCC(O)COCC(O)CO. The second-order valence-corrected chi connectivity index (χ2v) is 10.2. The van der Waals surface area contributed by atoms with Crippen molar-refractivity contribution in [1.29, 1.82) is 0 Å². The molecule has 0 radical (unpaired) electrons. The Morgan fingerprint density at radius 2 is 1.03 bits per heavy atom. The van der Waals surface area contributed by atoms with Crippen LogP contribution in [0.4, 0.5) is 0 Å². The zero-order valence-corrected chi connectivity index (χ0v) is 24.5. The Labute approximate surface area is 228 Å². The van der Waals surface area contributed by atoms with Crippen LogP contribution < -0.4 is 0 Å². The molecule has 0 aromatic carbocycles. The highest BCUT2D eigenvalue weighted by molar-refractivity contribution is 5.69. The van der Waals surface area contributed by atoms with E-state index < -0.39 is 12.2 Å². The minimum Gasteiger partial charge on any atom is -0.462 e. The first-order valence-electron chi connectivity index (χ1n) is 15.3. The molecule has 0 aliphatic heterocycles. The summed E-state index contributed by atoms with van der Waals surface area (Å²) in [7, 11) is 0. The summed E-state index contributed by atoms with van der Waals surface area (Å²) in [5.74, 6) is 0.0245. The van der Waals surface area contributed by atoms with Crippen LogP contribution in [0.5, 0.6) is 0 Å². The lowest BCUT2D eigenvalue weighted by Gasteiger charge is -2.16. The first-order valence-corrected chi connectivity index (χ1v) is 15.3. The van der Waals surface area contributed by atoms with Crippen LogP contribution in [0.3, 0.4) is 0 Å². The number of hydrogen-bond acceptors (Lipinski definition) is 7. The van der Waals surface area contributed by atoms with Crippen LogP contribution in [0.25, 0.3) is 0 Å². The van der Waals surface area contributed by atoms with Gasteiger partial charge in [0.15, 0.2) is 0 Å². The molecule has 0 saturated heterocycles. The van der Waals surface area contributed by atoms with Crippen molar-refractivity contribution in [3.8, 4) is 0 Å². The molecule has 0 fully saturated rings. The van der Waals surface area contributed by atoms with Gasteiger partial charge in [-0.15, -0.1) is 0 Å². The molecule has 7 nitrogen and oxygen atoms in total. The first-order chi connectivity index (χ1) is 17.9. The minimum atomic E-state index is -0.916. The van der Waals surface area contributed by atoms with Crippen LogP contribution >= 0.6 is 0 Å². The van der Waals surface area contributed by atoms with Gasteiger partial charge >= 0.3 is 5.97 Å². The molecule has 0 rings (SSSR count). The normalized spacial score (nSPS) is 13.5. The van der Waals surface area contributed by atoms with E-state index in [1.165, 1.54) is 96.3 Å². The molecule has 0 spiro atoms. The number of aliphatic hydroxyl groups excluding tert-OH is 4. The van der Waals surface area contributed by atoms with Crippen molar-refractivity contribution in [2.24, 2.45) is 0 Å². The highest BCUT2D eigenvalue weighted by atomic mass is 16.5. The fourth-order valence-corrected chi connectivity index (χ4v) is 3.95. The summed E-state index contributed by atoms with van der Waals surface area (Å²) >= 11 is 0. The number of esters is 1. The number of aliphatic hydroxyl groups is 4. The second-order valence-electron chi connectivity index (χ2n) is 10.2. The average Bonchev–Trinajstić information content (AvgIpc) is 2.90. The molecule has 0 aliphatic rings. The summed E-state index contributed by atoms with van der Waals surface area (Å²) in [5.41, 5.74) is 0. The van der Waals surface area contributed by atoms with Gasteiger partial charge in [-0.25, -0.2) is 0 Å². The van der Waals surface area contributed by atoms with E-state index in [1.807, 2.05) is 0 Å². The Morgan fingerprint density at radius 3 is 1.43 bits per heavy atom. The maximum atomic E-state index is 11.9. The average molecular weight is 535 g/mol. The summed E-state index contributed by atoms with van der Waals surface area (Å²) in [4.78, 5) is 11.9. The highest BCUT2D eigenvalue weighted by Gasteiger charge is 2.11. The third-order valence-electron chi connectivity index (χ3n) is 6.41. The molecule has 0 aromatic heterocycles. The lowest BCUT2D eigenvalue weighted by atomic mass is 10.0. The topological polar surface area (TPSA) is 116 Å². The van der Waals surface area contributed by atoms with E-state index >= 15 is 0 Å². The molecule has 4 N–H and O–H groups in total. The maximum Gasteiger partial charge on any atom is 0.306 e. The van der Waals surface area contributed by atoms with Gasteiger partial charge in [0, 0.05) is 6.42 Å². The predicted molar refractivity (Wildman–Crippen MR) is 152 cm³/mol. The van der Waals surface area contributed by atoms with Gasteiger partial charge in [-0.05, 0) is 25.7 Å². The van der Waals surface area contributed by atoms with Crippen molar-refractivity contribution in [2.75, 3.05) is 26.4 Å². The molecule has 224 valence electrons. The smallest absolute Gasteiger partial charge is 0.306 e. The maximum absolute atomic E-state index is 11.9. The fraction of sp³-hybridized carbons (Fsp3) is 0.967. The first kappa shape index (κ1) is 38.4. The summed E-state index contributed by atoms with van der Waals surface area (Å²) in [6.45, 7) is 5.81. The molecule has 0 aromatic rings. The molecule has 3 atom stereocenters. The van der Waals surface area contributed by atoms with E-state index in [-0.39, 0.29) is 38.5 Å². The molecule has 7 heteroatoms. The largest absolute Gasteiger partial charge is 0.462 e. The van der Waals surface area contributed by atoms with Gasteiger partial charge in [0.25, 0.3) is 0 Å². The van der Waals surface area contributed by atoms with Crippen molar-refractivity contribution in [3.63, 3.8) is 0 Å². The van der Waals surface area contributed by atoms with Gasteiger partial charge in [0.1, 0.15) is 18.3 Å². The number of hydrogen-bond donors (Lipinski definition) is 4. The summed E-state index contributed by atoms with van der Waals surface area (Å²) < 4.78 is 10.3. The molecule has 0 amide bonds. The van der Waals surface area contributed by atoms with E-state index in [0.29, 0.717) is 6.42 Å². The predicted octanol–water partition coefficient (Wildman–Crippen LogP) is 6.08. The van der Waals surface area contributed by atoms with Gasteiger partial charge < -0.3 is 29.9 Å². The fourth-order valence-electron chi connectivity index (χ4n) is 3.95. The summed E-state index contributed by atoms with van der Waals surface area (Å²) in [6.07, 6.45) is 22.0. The molecule has 0 heterocycles. The molecular formula is C30H62O7. The molecule has 0 saturated carbocycles. The van der Waals surface area contributed by atoms with Crippen molar-refractivity contribution < 1.29 is 34.7 Å². The standard InChI is InChI=1S/C24H48O2.C6H14O5/c1-4-7-9-10-11-12-13-14-15-16-17-18-20-22-24(25)26-23(6-3)21-19-8-5-2;7-1-5(9)3-11-4-6(10)2-8/h23H,4-22H2,1-3H3;5-10H,1-4H2. The Kier molecular flexibility index (Phi) is 32.7. The number of carbonyl (C=O) groups excluding carboxylic acids is 1. The second kappa shape index (κ2) is 31.5. The van der Waals surface area contributed by atoms with Crippen molar-refractivity contribution in [1.82, 2.24) is 0 Å². The van der Waals surface area contributed by atoms with Crippen molar-refractivity contribution >= 4 is 5.97 Å². The zero-order valence-electron chi connectivity index (χ0n) is 24.5. The van der Waals surface area contributed by atoms with Gasteiger partial charge in [-0.1, -0.05) is 111 Å². The molecular weight excluding hydrogens is 472 g/mol. The third kappa shape index (κ3) is 31.4. The Hall–Kier alpha value is -0.730. The van der Waals surface area contributed by atoms with Gasteiger partial charge in [0.05, 0.1) is 26.4 Å². The van der Waals surface area contributed by atoms with Crippen LogP contribution in [0, 0.1) is 0 Å². The summed E-state index contributed by atoms with van der Waals surface area (Å²) in [5, 5.41) is 34.1. The zero-order chi connectivity index (χ0) is 28.0. The van der Waals surface area contributed by atoms with Crippen LogP contribution in [0.2, 0.25) is 0 Å². The van der Waals surface area contributed by atoms with E-state index in [4.69, 9.17) is 29.9 Å². The van der Waals surface area contributed by atoms with Gasteiger partial charge in [-0.3, -0.25) is 4.79 Å². The van der Waals surface area contributed by atoms with E-state index in [2.05, 4.69) is 20.8 Å². The molecule has 37 heavy (non-hydrogen) atoms. The van der Waals surface area contributed by atoms with Gasteiger partial charge in [0.2, 0.25) is 0 Å². The third-order valence-corrected chi connectivity index (χ3v) is 6.41. The van der Waals surface area contributed by atoms with Crippen molar-refractivity contribution in [2.45, 2.75) is 161 Å². The Morgan fingerprint density at radius 1 is 0.622 bits per heavy atom. The van der Waals surface area contributed by atoms with Crippen molar-refractivity contribution in [3.05, 3.63) is 0 Å². The van der Waals surface area contributed by atoms with Crippen LogP contribution in [0.15, 0.2) is 0 Å². The lowest BCUT2D eigenvalue weighted by Crippen LogP contribution is -2.25. The van der Waals surface area contributed by atoms with Crippen LogP contribution in [-0.4, -0.2) is 71.1 Å². The van der Waals surface area contributed by atoms with E-state index in [9.17, 15) is 4.79 Å². The van der Waals surface area contributed by atoms with E-state index in [0.717, 1.165) is 19.3 Å². The lowest BCUT2D eigenvalue weighted by molar-refractivity contribution is -0.149. The Balaban J connectivity index is 0. The number of rotatable bonds is 26. The van der Waals surface area contributed by atoms with E-state index in [1.54, 1.807) is 0 Å². The Bertz CT molecular complexity index is 438. The number of unbranched alkanes of at least 4 members (excludes halogenated alkanes) is 14. The quantitative estimate of drug-likeness (QED) is 0.0785. The van der Waals surface area contributed by atoms with Crippen LogP contribution in [-0.2, 0) is 14.3 Å².